The number of hydrogen-bond acceptors (Lipinski definition) is 3. The zero-order valence-corrected chi connectivity index (χ0v) is 36.4. The van der Waals surface area contributed by atoms with Crippen molar-refractivity contribution in [2.75, 3.05) is 6.61 Å². The van der Waals surface area contributed by atoms with E-state index in [1.165, 1.54) is 148 Å². The largest absolute Gasteiger partial charge is 0.394 e. The standard InChI is InChI=1S/C51H91NO3/c1-3-5-7-9-11-13-15-17-19-21-22-23-24-25-26-27-28-29-30-31-33-35-37-39-41-43-45-47-51(55)52-49(48-53)50(54)46-44-42-40-38-36-34-32-20-18-16-14-12-10-8-6-4-2/h5,7,11,13,17,19,22-23,25-26,44,46,49-50,53-54H,3-4,6,8-10,12,14-16,18,20-21,24,27-43,45,47-48H2,1-2H3,(H,52,55)/b7-5-,13-11-,19-17-,23-22-,26-25-,46-44+. The molecule has 1 amide bonds. The van der Waals surface area contributed by atoms with E-state index in [2.05, 4.69) is 79.9 Å². The van der Waals surface area contributed by atoms with Gasteiger partial charge in [0.05, 0.1) is 18.8 Å². The average Bonchev–Trinajstić information content (AvgIpc) is 3.19. The first-order valence-corrected chi connectivity index (χ1v) is 23.7. The molecule has 2 unspecified atom stereocenters. The molecule has 0 aliphatic carbocycles. The monoisotopic (exact) mass is 766 g/mol. The fourth-order valence-corrected chi connectivity index (χ4v) is 6.85. The van der Waals surface area contributed by atoms with Crippen LogP contribution in [-0.4, -0.2) is 34.9 Å². The van der Waals surface area contributed by atoms with Crippen molar-refractivity contribution in [1.82, 2.24) is 5.32 Å². The Kier molecular flexibility index (Phi) is 44.4. The number of aliphatic hydroxyl groups is 2. The fraction of sp³-hybridized carbons (Fsp3) is 0.745. The molecule has 0 aliphatic rings. The molecule has 2 atom stereocenters. The molecular weight excluding hydrogens is 675 g/mol. The second kappa shape index (κ2) is 46.2. The van der Waals surface area contributed by atoms with Gasteiger partial charge in [0.1, 0.15) is 0 Å². The number of amides is 1. The summed E-state index contributed by atoms with van der Waals surface area (Å²) in [5, 5.41) is 23.1. The zero-order chi connectivity index (χ0) is 40.0. The van der Waals surface area contributed by atoms with Gasteiger partial charge in [-0.05, 0) is 64.2 Å². The number of carbonyl (C=O) groups excluding carboxylic acids is 1. The van der Waals surface area contributed by atoms with Crippen LogP contribution in [0.5, 0.6) is 0 Å². The third-order valence-corrected chi connectivity index (χ3v) is 10.4. The average molecular weight is 766 g/mol. The van der Waals surface area contributed by atoms with Crippen LogP contribution in [0.3, 0.4) is 0 Å². The summed E-state index contributed by atoms with van der Waals surface area (Å²) in [5.41, 5.74) is 0. The molecule has 0 heterocycles. The molecule has 0 saturated carbocycles. The summed E-state index contributed by atoms with van der Waals surface area (Å²) in [5.74, 6) is -0.0696. The van der Waals surface area contributed by atoms with E-state index in [0.29, 0.717) is 6.42 Å². The van der Waals surface area contributed by atoms with Crippen LogP contribution in [-0.2, 0) is 4.79 Å². The van der Waals surface area contributed by atoms with Crippen molar-refractivity contribution >= 4 is 5.91 Å². The predicted molar refractivity (Wildman–Crippen MR) is 244 cm³/mol. The van der Waals surface area contributed by atoms with Crippen molar-refractivity contribution in [2.45, 2.75) is 238 Å². The number of hydrogen-bond donors (Lipinski definition) is 3. The van der Waals surface area contributed by atoms with E-state index in [9.17, 15) is 15.0 Å². The molecule has 0 rings (SSSR count). The minimum absolute atomic E-state index is 0.0696. The van der Waals surface area contributed by atoms with Gasteiger partial charge < -0.3 is 15.5 Å². The summed E-state index contributed by atoms with van der Waals surface area (Å²) >= 11 is 0. The molecule has 0 aromatic rings. The Bertz CT molecular complexity index is 961. The molecule has 55 heavy (non-hydrogen) atoms. The first kappa shape index (κ1) is 52.8. The molecule has 318 valence electrons. The molecule has 0 fully saturated rings. The molecule has 0 radical (unpaired) electrons. The Morgan fingerprint density at radius 1 is 0.455 bits per heavy atom. The highest BCUT2D eigenvalue weighted by molar-refractivity contribution is 5.76. The SMILES string of the molecule is CC/C=C\C/C=C\C/C=C\C/C=C\C/C=C\CCCCCCCCCCCCCC(=O)NC(CO)C(O)/C=C/CCCCCCCCCCCCCCCC. The van der Waals surface area contributed by atoms with Gasteiger partial charge in [0.25, 0.3) is 0 Å². The van der Waals surface area contributed by atoms with Gasteiger partial charge >= 0.3 is 0 Å². The van der Waals surface area contributed by atoms with Gasteiger partial charge in [-0.1, -0.05) is 228 Å². The third kappa shape index (κ3) is 42.8. The fourth-order valence-electron chi connectivity index (χ4n) is 6.85. The van der Waals surface area contributed by atoms with E-state index >= 15 is 0 Å². The molecule has 0 aromatic heterocycles. The molecular formula is C51H91NO3. The Hall–Kier alpha value is -2.17. The van der Waals surface area contributed by atoms with Crippen LogP contribution in [0.1, 0.15) is 226 Å². The maximum absolute atomic E-state index is 12.4. The van der Waals surface area contributed by atoms with Crippen molar-refractivity contribution in [1.29, 1.82) is 0 Å². The minimum Gasteiger partial charge on any atom is -0.394 e. The summed E-state index contributed by atoms with van der Waals surface area (Å²) in [6.07, 6.45) is 65.9. The summed E-state index contributed by atoms with van der Waals surface area (Å²) < 4.78 is 0. The molecule has 4 nitrogen and oxygen atoms in total. The second-order valence-corrected chi connectivity index (χ2v) is 15.8. The van der Waals surface area contributed by atoms with Crippen molar-refractivity contribution in [3.8, 4) is 0 Å². The van der Waals surface area contributed by atoms with Crippen LogP contribution in [0, 0.1) is 0 Å². The minimum atomic E-state index is -0.843. The van der Waals surface area contributed by atoms with Gasteiger partial charge in [0, 0.05) is 6.42 Å². The number of unbranched alkanes of at least 4 members (excludes halogenated alkanes) is 25. The van der Waals surface area contributed by atoms with Gasteiger partial charge in [0.2, 0.25) is 5.91 Å². The third-order valence-electron chi connectivity index (χ3n) is 10.4. The number of carbonyl (C=O) groups is 1. The maximum atomic E-state index is 12.4. The highest BCUT2D eigenvalue weighted by Gasteiger charge is 2.17. The van der Waals surface area contributed by atoms with Crippen LogP contribution in [0.4, 0.5) is 0 Å². The van der Waals surface area contributed by atoms with E-state index in [1.54, 1.807) is 6.08 Å². The van der Waals surface area contributed by atoms with Gasteiger partial charge in [0.15, 0.2) is 0 Å². The van der Waals surface area contributed by atoms with Crippen LogP contribution < -0.4 is 5.32 Å². The lowest BCUT2D eigenvalue weighted by Gasteiger charge is -2.20. The smallest absolute Gasteiger partial charge is 0.220 e. The number of rotatable bonds is 42. The van der Waals surface area contributed by atoms with Crippen LogP contribution in [0.2, 0.25) is 0 Å². The Morgan fingerprint density at radius 3 is 1.20 bits per heavy atom. The quantitative estimate of drug-likeness (QED) is 0.0428. The first-order valence-electron chi connectivity index (χ1n) is 23.7. The summed E-state index contributed by atoms with van der Waals surface area (Å²) in [7, 11) is 0. The first-order chi connectivity index (χ1) is 27.2. The van der Waals surface area contributed by atoms with E-state index in [1.807, 2.05) is 6.08 Å². The normalized spacial score (nSPS) is 13.6. The zero-order valence-electron chi connectivity index (χ0n) is 36.4. The van der Waals surface area contributed by atoms with Gasteiger partial charge in [-0.2, -0.15) is 0 Å². The number of nitrogens with one attached hydrogen (secondary N) is 1. The van der Waals surface area contributed by atoms with Crippen LogP contribution in [0.25, 0.3) is 0 Å². The van der Waals surface area contributed by atoms with Crippen molar-refractivity contribution in [3.63, 3.8) is 0 Å². The maximum Gasteiger partial charge on any atom is 0.220 e. The van der Waals surface area contributed by atoms with E-state index in [0.717, 1.165) is 57.8 Å². The molecule has 0 spiro atoms. The Labute approximate surface area is 342 Å². The van der Waals surface area contributed by atoms with Gasteiger partial charge in [-0.3, -0.25) is 4.79 Å². The lowest BCUT2D eigenvalue weighted by molar-refractivity contribution is -0.123. The molecule has 0 aliphatic heterocycles. The second-order valence-electron chi connectivity index (χ2n) is 15.8. The lowest BCUT2D eigenvalue weighted by Crippen LogP contribution is -2.45. The molecule has 3 N–H and O–H groups in total. The highest BCUT2D eigenvalue weighted by atomic mass is 16.3. The Morgan fingerprint density at radius 2 is 0.800 bits per heavy atom. The molecule has 0 bridgehead atoms. The summed E-state index contributed by atoms with van der Waals surface area (Å²) in [4.78, 5) is 12.4. The van der Waals surface area contributed by atoms with E-state index in [-0.39, 0.29) is 12.5 Å². The van der Waals surface area contributed by atoms with Crippen molar-refractivity contribution in [2.24, 2.45) is 0 Å². The number of allylic oxidation sites excluding steroid dienone is 11. The van der Waals surface area contributed by atoms with Crippen molar-refractivity contribution < 1.29 is 15.0 Å². The highest BCUT2D eigenvalue weighted by Crippen LogP contribution is 2.15. The van der Waals surface area contributed by atoms with Crippen LogP contribution in [0.15, 0.2) is 72.9 Å². The predicted octanol–water partition coefficient (Wildman–Crippen LogP) is 15.1. The topological polar surface area (TPSA) is 69.6 Å². The summed E-state index contributed by atoms with van der Waals surface area (Å²) in [6.45, 7) is 4.19. The lowest BCUT2D eigenvalue weighted by atomic mass is 10.0. The van der Waals surface area contributed by atoms with Crippen LogP contribution >= 0.6 is 0 Å². The Balaban J connectivity index is 3.57. The van der Waals surface area contributed by atoms with E-state index < -0.39 is 12.1 Å². The molecule has 0 saturated heterocycles. The number of aliphatic hydroxyl groups excluding tert-OH is 2. The van der Waals surface area contributed by atoms with Gasteiger partial charge in [-0.15, -0.1) is 0 Å². The molecule has 0 aromatic carbocycles. The van der Waals surface area contributed by atoms with E-state index in [4.69, 9.17) is 0 Å². The van der Waals surface area contributed by atoms with Crippen molar-refractivity contribution in [3.05, 3.63) is 72.9 Å². The van der Waals surface area contributed by atoms with Gasteiger partial charge in [-0.25, -0.2) is 0 Å². The summed E-state index contributed by atoms with van der Waals surface area (Å²) in [6, 6.07) is -0.627. The molecule has 4 heteroatoms.